The maximum atomic E-state index is 13.4. The van der Waals surface area contributed by atoms with Crippen molar-refractivity contribution in [3.8, 4) is 17.2 Å². The van der Waals surface area contributed by atoms with Gasteiger partial charge in [-0.25, -0.2) is 0 Å². The topological polar surface area (TPSA) is 226 Å². The lowest BCUT2D eigenvalue weighted by atomic mass is 10.0. The van der Waals surface area contributed by atoms with E-state index in [2.05, 4.69) is 17.6 Å². The number of carboxylic acid groups (broad SMARTS) is 2. The molecule has 266 valence electrons. The quantitative estimate of drug-likeness (QED) is 0.0739. The van der Waals surface area contributed by atoms with Gasteiger partial charge in [0.05, 0.1) is 13.5 Å². The Kier molecular flexibility index (Phi) is 20.1. The molecule has 0 aliphatic heterocycles. The second-order valence-corrected chi connectivity index (χ2v) is 12.7. The van der Waals surface area contributed by atoms with Crippen LogP contribution in [0, 0.1) is 0 Å². The zero-order valence-corrected chi connectivity index (χ0v) is 28.5. The van der Waals surface area contributed by atoms with Crippen LogP contribution in [-0.4, -0.2) is 86.7 Å². The summed E-state index contributed by atoms with van der Waals surface area (Å²) in [6, 6.07) is 8.98. The first-order valence-electron chi connectivity index (χ1n) is 15.8. The van der Waals surface area contributed by atoms with Crippen LogP contribution in [0.5, 0.6) is 17.2 Å². The van der Waals surface area contributed by atoms with Crippen molar-refractivity contribution in [2.75, 3.05) is 12.9 Å². The fraction of sp³-hybridized carbons (Fsp3) is 0.500. The SMILES string of the molecule is CCCCCC(CC(=O)CCc1ccc(O)c(OC)c1)SCC(NC(=O)CC(N)C(=O)O)C(=O)NC(C)Cc1ccc(O)cc1.O=CO. The van der Waals surface area contributed by atoms with Gasteiger partial charge in [0, 0.05) is 29.9 Å². The van der Waals surface area contributed by atoms with E-state index in [-0.39, 0.29) is 40.8 Å². The predicted octanol–water partition coefficient (Wildman–Crippen LogP) is 3.42. The first-order valence-corrected chi connectivity index (χ1v) is 16.8. The van der Waals surface area contributed by atoms with E-state index in [4.69, 9.17) is 25.5 Å². The number of carboxylic acids is 1. The largest absolute Gasteiger partial charge is 0.508 e. The Balaban J connectivity index is 0.00000369. The molecule has 2 rings (SSSR count). The molecule has 8 N–H and O–H groups in total. The molecule has 0 spiro atoms. The molecule has 13 nitrogen and oxygen atoms in total. The highest BCUT2D eigenvalue weighted by molar-refractivity contribution is 8.00. The maximum Gasteiger partial charge on any atom is 0.321 e. The van der Waals surface area contributed by atoms with Gasteiger partial charge in [0.25, 0.3) is 6.47 Å². The predicted molar refractivity (Wildman–Crippen MR) is 183 cm³/mol. The summed E-state index contributed by atoms with van der Waals surface area (Å²) in [7, 11) is 1.47. The van der Waals surface area contributed by atoms with Gasteiger partial charge in [0.1, 0.15) is 23.6 Å². The van der Waals surface area contributed by atoms with E-state index in [0.717, 1.165) is 36.8 Å². The van der Waals surface area contributed by atoms with E-state index in [9.17, 15) is 29.4 Å². The number of phenols is 2. The first-order chi connectivity index (χ1) is 22.8. The number of nitrogens with two attached hydrogens (primary N) is 1. The highest BCUT2D eigenvalue weighted by Gasteiger charge is 2.26. The van der Waals surface area contributed by atoms with Crippen LogP contribution in [0.25, 0.3) is 0 Å². The summed E-state index contributed by atoms with van der Waals surface area (Å²) in [6.45, 7) is 3.67. The minimum Gasteiger partial charge on any atom is -0.508 e. The molecular formula is C34H49N3O10S. The fourth-order valence-electron chi connectivity index (χ4n) is 4.72. The Morgan fingerprint density at radius 2 is 1.65 bits per heavy atom. The van der Waals surface area contributed by atoms with Crippen molar-refractivity contribution < 1.29 is 49.1 Å². The number of thioether (sulfide) groups is 1. The number of carbonyl (C=O) groups excluding carboxylic acids is 3. The van der Waals surface area contributed by atoms with E-state index in [1.54, 1.807) is 36.4 Å². The molecule has 48 heavy (non-hydrogen) atoms. The lowest BCUT2D eigenvalue weighted by molar-refractivity contribution is -0.140. The van der Waals surface area contributed by atoms with Crippen LogP contribution in [-0.2, 0) is 36.8 Å². The second-order valence-electron chi connectivity index (χ2n) is 11.4. The molecule has 0 radical (unpaired) electrons. The summed E-state index contributed by atoms with van der Waals surface area (Å²) in [5.74, 6) is -1.62. The number of benzene rings is 2. The van der Waals surface area contributed by atoms with E-state index in [1.165, 1.54) is 24.9 Å². The highest BCUT2D eigenvalue weighted by atomic mass is 32.2. The van der Waals surface area contributed by atoms with Crippen LogP contribution < -0.4 is 21.1 Å². The number of hydrogen-bond donors (Lipinski definition) is 7. The van der Waals surface area contributed by atoms with Gasteiger partial charge in [-0.3, -0.25) is 24.0 Å². The van der Waals surface area contributed by atoms with Gasteiger partial charge in [-0.1, -0.05) is 44.4 Å². The summed E-state index contributed by atoms with van der Waals surface area (Å²) in [4.78, 5) is 58.6. The molecular weight excluding hydrogens is 642 g/mol. The molecule has 2 amide bonds. The molecule has 4 atom stereocenters. The molecule has 4 unspecified atom stereocenters. The zero-order chi connectivity index (χ0) is 36.1. The van der Waals surface area contributed by atoms with Crippen LogP contribution in [0.3, 0.4) is 0 Å². The molecule has 0 saturated heterocycles. The molecule has 0 fully saturated rings. The Hall–Kier alpha value is -4.30. The number of unbranched alkanes of at least 4 members (excludes halogenated alkanes) is 2. The van der Waals surface area contributed by atoms with Gasteiger partial charge >= 0.3 is 5.97 Å². The Bertz CT molecular complexity index is 1310. The smallest absolute Gasteiger partial charge is 0.321 e. The van der Waals surface area contributed by atoms with Gasteiger partial charge in [-0.05, 0) is 61.6 Å². The number of nitrogens with one attached hydrogen (secondary N) is 2. The van der Waals surface area contributed by atoms with Gasteiger partial charge < -0.3 is 41.5 Å². The number of methoxy groups -OCH3 is 1. The van der Waals surface area contributed by atoms with Crippen molar-refractivity contribution in [3.05, 3.63) is 53.6 Å². The molecule has 0 heterocycles. The third-order valence-corrected chi connectivity index (χ3v) is 8.66. The number of aromatic hydroxyl groups is 2. The van der Waals surface area contributed by atoms with E-state index >= 15 is 0 Å². The number of ether oxygens (including phenoxy) is 1. The van der Waals surface area contributed by atoms with Crippen molar-refractivity contribution in [1.29, 1.82) is 0 Å². The van der Waals surface area contributed by atoms with Crippen LogP contribution in [0.2, 0.25) is 0 Å². The number of ketones is 1. The Morgan fingerprint density at radius 3 is 2.25 bits per heavy atom. The van der Waals surface area contributed by atoms with Crippen molar-refractivity contribution in [2.45, 2.75) is 95.0 Å². The van der Waals surface area contributed by atoms with Crippen LogP contribution in [0.15, 0.2) is 42.5 Å². The molecule has 0 aromatic heterocycles. The van der Waals surface area contributed by atoms with Gasteiger partial charge in [-0.15, -0.1) is 0 Å². The summed E-state index contributed by atoms with van der Waals surface area (Å²) < 4.78 is 5.16. The lowest BCUT2D eigenvalue weighted by Gasteiger charge is -2.24. The van der Waals surface area contributed by atoms with E-state index in [0.29, 0.717) is 31.4 Å². The lowest BCUT2D eigenvalue weighted by Crippen LogP contribution is -2.52. The fourth-order valence-corrected chi connectivity index (χ4v) is 6.06. The third kappa shape index (κ3) is 17.0. The number of amides is 2. The Morgan fingerprint density at radius 1 is 1.00 bits per heavy atom. The van der Waals surface area contributed by atoms with Crippen molar-refractivity contribution in [3.63, 3.8) is 0 Å². The molecule has 14 heteroatoms. The highest BCUT2D eigenvalue weighted by Crippen LogP contribution is 2.28. The summed E-state index contributed by atoms with van der Waals surface area (Å²) in [5.41, 5.74) is 7.32. The molecule has 2 aromatic rings. The standard InChI is InChI=1S/C33H47N3O8S.CH2O2/c1-4-5-6-7-26(18-25(38)14-10-23-11-15-29(39)30(17-23)44-3)45-20-28(36-31(40)19-27(34)33(42)43)32(41)35-21(2)16-22-8-12-24(37)13-9-22;2-1-3/h8-9,11-13,15,17,21,26-28,37,39H,4-7,10,14,16,18-20,34H2,1-3H3,(H,35,41)(H,36,40)(H,42,43);1H,(H,2,3). The normalized spacial score (nSPS) is 13.1. The second kappa shape index (κ2) is 23.1. The first kappa shape index (κ1) is 41.7. The molecule has 0 aliphatic carbocycles. The van der Waals surface area contributed by atoms with Crippen LogP contribution in [0.1, 0.15) is 69.9 Å². The number of phenolic OH excluding ortho intramolecular Hbond substituents is 2. The van der Waals surface area contributed by atoms with Crippen LogP contribution >= 0.6 is 11.8 Å². The van der Waals surface area contributed by atoms with Gasteiger partial charge in [-0.2, -0.15) is 11.8 Å². The van der Waals surface area contributed by atoms with Gasteiger partial charge in [0.15, 0.2) is 11.5 Å². The minimum atomic E-state index is -1.40. The van der Waals surface area contributed by atoms with Crippen molar-refractivity contribution in [1.82, 2.24) is 10.6 Å². The van der Waals surface area contributed by atoms with E-state index < -0.39 is 36.3 Å². The summed E-state index contributed by atoms with van der Waals surface area (Å²) >= 11 is 1.44. The summed E-state index contributed by atoms with van der Waals surface area (Å²) in [5, 5.41) is 40.9. The van der Waals surface area contributed by atoms with E-state index in [1.807, 2.05) is 6.92 Å². The average Bonchev–Trinajstić information content (AvgIpc) is 3.03. The number of carbonyl (C=O) groups is 5. The Labute approximate surface area is 285 Å². The third-order valence-electron chi connectivity index (χ3n) is 7.26. The van der Waals surface area contributed by atoms with Crippen molar-refractivity contribution >= 4 is 41.8 Å². The summed E-state index contributed by atoms with van der Waals surface area (Å²) in [6.07, 6.45) is 4.80. The molecule has 0 aliphatic rings. The van der Waals surface area contributed by atoms with Crippen molar-refractivity contribution in [2.24, 2.45) is 5.73 Å². The maximum absolute atomic E-state index is 13.4. The minimum absolute atomic E-state index is 0.0327. The molecule has 2 aromatic carbocycles. The molecule has 0 saturated carbocycles. The number of hydrogen-bond acceptors (Lipinski definition) is 10. The average molecular weight is 692 g/mol. The van der Waals surface area contributed by atoms with Crippen LogP contribution in [0.4, 0.5) is 0 Å². The molecule has 0 bridgehead atoms. The number of Topliss-reactive ketones (excluding diaryl/α,β-unsaturated/α-hetero) is 1. The number of rotatable bonds is 21. The zero-order valence-electron chi connectivity index (χ0n) is 27.7. The van der Waals surface area contributed by atoms with Gasteiger partial charge in [0.2, 0.25) is 11.8 Å². The number of aliphatic carboxylic acids is 1. The number of aryl methyl sites for hydroxylation is 1. The monoisotopic (exact) mass is 691 g/mol.